The zero-order valence-corrected chi connectivity index (χ0v) is 12.4. The van der Waals surface area contributed by atoms with Crippen molar-refractivity contribution in [3.05, 3.63) is 41.0 Å². The molecular weight excluding hydrogens is 292 g/mol. The number of carboxylic acids is 1. The van der Waals surface area contributed by atoms with Crippen LogP contribution in [0.1, 0.15) is 24.3 Å². The highest BCUT2D eigenvalue weighted by Crippen LogP contribution is 2.22. The molecule has 0 saturated carbocycles. The Balaban J connectivity index is 2.26. The zero-order valence-electron chi connectivity index (χ0n) is 11.6. The number of nitrogens with one attached hydrogen (secondary N) is 1. The zero-order chi connectivity index (χ0) is 15.6. The Morgan fingerprint density at radius 1 is 1.29 bits per heavy atom. The van der Waals surface area contributed by atoms with Crippen LogP contribution in [0.3, 0.4) is 0 Å². The fraction of sp³-hybridized carbons (Fsp3) is 0.267. The Morgan fingerprint density at radius 2 is 1.95 bits per heavy atom. The molecule has 1 aromatic heterocycles. The van der Waals surface area contributed by atoms with Crippen LogP contribution in [0.25, 0.3) is 10.9 Å². The fourth-order valence-electron chi connectivity index (χ4n) is 1.87. The third-order valence-electron chi connectivity index (χ3n) is 3.40. The molecule has 2 unspecified atom stereocenters. The van der Waals surface area contributed by atoms with Crippen molar-refractivity contribution in [1.29, 1.82) is 0 Å². The number of carbonyl (C=O) groups is 2. The van der Waals surface area contributed by atoms with Crippen LogP contribution in [0.5, 0.6) is 0 Å². The van der Waals surface area contributed by atoms with Gasteiger partial charge in [-0.3, -0.25) is 9.59 Å². The lowest BCUT2D eigenvalue weighted by atomic mass is 10.0. The summed E-state index contributed by atoms with van der Waals surface area (Å²) in [5.74, 6) is -2.10. The maximum absolute atomic E-state index is 12.2. The van der Waals surface area contributed by atoms with E-state index < -0.39 is 23.8 Å². The van der Waals surface area contributed by atoms with Gasteiger partial charge in [0, 0.05) is 11.4 Å². The molecule has 0 fully saturated rings. The van der Waals surface area contributed by atoms with Crippen molar-refractivity contribution >= 4 is 34.4 Å². The number of halogens is 1. The van der Waals surface area contributed by atoms with Gasteiger partial charge in [-0.1, -0.05) is 29.8 Å². The number of carboxylic acid groups (broad SMARTS) is 1. The molecule has 0 radical (unpaired) electrons. The highest BCUT2D eigenvalue weighted by Gasteiger charge is 2.22. The molecule has 1 heterocycles. The number of aliphatic carboxylic acids is 1. The van der Waals surface area contributed by atoms with Crippen molar-refractivity contribution in [3.63, 3.8) is 0 Å². The third kappa shape index (κ3) is 3.31. The number of rotatable bonds is 4. The summed E-state index contributed by atoms with van der Waals surface area (Å²) in [4.78, 5) is 27.3. The van der Waals surface area contributed by atoms with Crippen LogP contribution in [0.2, 0.25) is 5.02 Å². The number of amides is 1. The fourth-order valence-corrected chi connectivity index (χ4v) is 2.13. The van der Waals surface area contributed by atoms with Crippen molar-refractivity contribution < 1.29 is 14.7 Å². The molecule has 0 saturated heterocycles. The highest BCUT2D eigenvalue weighted by molar-refractivity contribution is 6.35. The molecule has 0 bridgehead atoms. The van der Waals surface area contributed by atoms with E-state index in [2.05, 4.69) is 10.3 Å². The second-order valence-corrected chi connectivity index (χ2v) is 5.30. The standard InChI is InChI=1S/C15H15ClN2O3/c1-8(15(20)21)9(2)17-14(19)13-7-11(16)10-5-3-4-6-12(10)18-13/h3-9H,1-2H3,(H,17,19)(H,20,21). The SMILES string of the molecule is CC(NC(=O)c1cc(Cl)c2ccccc2n1)C(C)C(=O)O. The van der Waals surface area contributed by atoms with Crippen LogP contribution >= 0.6 is 11.6 Å². The minimum absolute atomic E-state index is 0.170. The van der Waals surface area contributed by atoms with Gasteiger partial charge in [0.2, 0.25) is 0 Å². The lowest BCUT2D eigenvalue weighted by Crippen LogP contribution is -2.40. The molecule has 110 valence electrons. The number of pyridine rings is 1. The first kappa shape index (κ1) is 15.3. The average molecular weight is 307 g/mol. The Morgan fingerprint density at radius 3 is 2.62 bits per heavy atom. The molecule has 0 aliphatic heterocycles. The largest absolute Gasteiger partial charge is 0.481 e. The molecule has 6 heteroatoms. The van der Waals surface area contributed by atoms with Gasteiger partial charge in [0.15, 0.2) is 0 Å². The predicted octanol–water partition coefficient (Wildman–Crippen LogP) is 2.73. The number of aromatic nitrogens is 1. The summed E-state index contributed by atoms with van der Waals surface area (Å²) in [7, 11) is 0. The van der Waals surface area contributed by atoms with Crippen molar-refractivity contribution in [2.24, 2.45) is 5.92 Å². The molecule has 0 aliphatic rings. The Labute approximate surface area is 126 Å². The monoisotopic (exact) mass is 306 g/mol. The number of fused-ring (bicyclic) bond motifs is 1. The van der Waals surface area contributed by atoms with E-state index in [-0.39, 0.29) is 5.69 Å². The Kier molecular flexibility index (Phi) is 4.43. The van der Waals surface area contributed by atoms with Gasteiger partial charge in [-0.15, -0.1) is 0 Å². The van der Waals surface area contributed by atoms with E-state index in [1.807, 2.05) is 18.2 Å². The van der Waals surface area contributed by atoms with E-state index >= 15 is 0 Å². The summed E-state index contributed by atoms with van der Waals surface area (Å²) >= 11 is 6.14. The molecular formula is C15H15ClN2O3. The normalized spacial score (nSPS) is 13.7. The maximum atomic E-state index is 12.2. The number of para-hydroxylation sites is 1. The third-order valence-corrected chi connectivity index (χ3v) is 3.71. The van der Waals surface area contributed by atoms with Gasteiger partial charge in [-0.2, -0.15) is 0 Å². The summed E-state index contributed by atoms with van der Waals surface area (Å²) in [6.07, 6.45) is 0. The van der Waals surface area contributed by atoms with Crippen LogP contribution in [-0.4, -0.2) is 28.0 Å². The molecule has 2 atom stereocenters. The minimum Gasteiger partial charge on any atom is -0.481 e. The van der Waals surface area contributed by atoms with E-state index in [1.54, 1.807) is 13.0 Å². The topological polar surface area (TPSA) is 79.3 Å². The lowest BCUT2D eigenvalue weighted by molar-refractivity contribution is -0.141. The Hall–Kier alpha value is -2.14. The van der Waals surface area contributed by atoms with Crippen molar-refractivity contribution in [2.45, 2.75) is 19.9 Å². The van der Waals surface area contributed by atoms with Gasteiger partial charge < -0.3 is 10.4 Å². The second-order valence-electron chi connectivity index (χ2n) is 4.90. The molecule has 2 N–H and O–H groups in total. The summed E-state index contributed by atoms with van der Waals surface area (Å²) in [6, 6.07) is 8.21. The molecule has 1 aromatic carbocycles. The number of nitrogens with zero attached hydrogens (tertiary/aromatic N) is 1. The smallest absolute Gasteiger partial charge is 0.308 e. The summed E-state index contributed by atoms with van der Waals surface area (Å²) in [5, 5.41) is 12.8. The van der Waals surface area contributed by atoms with Gasteiger partial charge in [0.05, 0.1) is 16.5 Å². The van der Waals surface area contributed by atoms with E-state index in [4.69, 9.17) is 16.7 Å². The van der Waals surface area contributed by atoms with Crippen LogP contribution in [0.4, 0.5) is 0 Å². The second kappa shape index (κ2) is 6.10. The number of carbonyl (C=O) groups excluding carboxylic acids is 1. The molecule has 0 aliphatic carbocycles. The van der Waals surface area contributed by atoms with Crippen LogP contribution in [-0.2, 0) is 4.79 Å². The molecule has 1 amide bonds. The van der Waals surface area contributed by atoms with Crippen LogP contribution in [0, 0.1) is 5.92 Å². The number of benzene rings is 1. The van der Waals surface area contributed by atoms with Crippen molar-refractivity contribution in [3.8, 4) is 0 Å². The maximum Gasteiger partial charge on any atom is 0.308 e. The quantitative estimate of drug-likeness (QED) is 0.910. The summed E-state index contributed by atoms with van der Waals surface area (Å²) < 4.78 is 0. The van der Waals surface area contributed by atoms with Crippen LogP contribution in [0.15, 0.2) is 30.3 Å². The van der Waals surface area contributed by atoms with Gasteiger partial charge in [0.1, 0.15) is 5.69 Å². The summed E-state index contributed by atoms with van der Waals surface area (Å²) in [6.45, 7) is 3.17. The van der Waals surface area contributed by atoms with Gasteiger partial charge >= 0.3 is 5.97 Å². The van der Waals surface area contributed by atoms with Gasteiger partial charge in [-0.25, -0.2) is 4.98 Å². The number of hydrogen-bond donors (Lipinski definition) is 2. The minimum atomic E-state index is -0.965. The predicted molar refractivity (Wildman–Crippen MR) is 80.5 cm³/mol. The molecule has 2 aromatic rings. The molecule has 21 heavy (non-hydrogen) atoms. The van der Waals surface area contributed by atoms with E-state index in [0.717, 1.165) is 5.39 Å². The van der Waals surface area contributed by atoms with Crippen molar-refractivity contribution in [1.82, 2.24) is 10.3 Å². The first-order valence-electron chi connectivity index (χ1n) is 6.49. The molecule has 0 spiro atoms. The number of hydrogen-bond acceptors (Lipinski definition) is 3. The van der Waals surface area contributed by atoms with Gasteiger partial charge in [0.25, 0.3) is 5.91 Å². The Bertz CT molecular complexity index is 702. The van der Waals surface area contributed by atoms with E-state index in [9.17, 15) is 9.59 Å². The van der Waals surface area contributed by atoms with Crippen molar-refractivity contribution in [2.75, 3.05) is 0 Å². The summed E-state index contributed by atoms with van der Waals surface area (Å²) in [5.41, 5.74) is 0.789. The van der Waals surface area contributed by atoms with Gasteiger partial charge in [-0.05, 0) is 26.0 Å². The van der Waals surface area contributed by atoms with E-state index in [0.29, 0.717) is 10.5 Å². The first-order valence-corrected chi connectivity index (χ1v) is 6.87. The van der Waals surface area contributed by atoms with Crippen LogP contribution < -0.4 is 5.32 Å². The molecule has 2 rings (SSSR count). The van der Waals surface area contributed by atoms with E-state index in [1.165, 1.54) is 13.0 Å². The average Bonchev–Trinajstić information content (AvgIpc) is 2.46. The first-order chi connectivity index (χ1) is 9.90. The lowest BCUT2D eigenvalue weighted by Gasteiger charge is -2.17. The highest BCUT2D eigenvalue weighted by atomic mass is 35.5. The molecule has 5 nitrogen and oxygen atoms in total.